The zero-order valence-corrected chi connectivity index (χ0v) is 10.0. The molecule has 0 saturated carbocycles. The van der Waals surface area contributed by atoms with Crippen molar-refractivity contribution in [1.29, 1.82) is 0 Å². The van der Waals surface area contributed by atoms with Crippen LogP contribution in [0.25, 0.3) is 0 Å². The molecule has 2 N–H and O–H groups in total. The van der Waals surface area contributed by atoms with Gasteiger partial charge in [-0.2, -0.15) is 0 Å². The molecule has 1 aromatic carbocycles. The molecule has 15 heavy (non-hydrogen) atoms. The average molecular weight is 249 g/mol. The second-order valence-electron chi connectivity index (χ2n) is 3.73. The quantitative estimate of drug-likeness (QED) is 0.861. The summed E-state index contributed by atoms with van der Waals surface area (Å²) >= 11 is 11.8. The molecule has 0 radical (unpaired) electrons. The zero-order valence-electron chi connectivity index (χ0n) is 8.50. The first-order valence-electron chi connectivity index (χ1n) is 4.76. The van der Waals surface area contributed by atoms with E-state index in [2.05, 4.69) is 0 Å². The normalized spacial score (nSPS) is 15.0. The van der Waals surface area contributed by atoms with Gasteiger partial charge in [-0.05, 0) is 31.9 Å². The van der Waals surface area contributed by atoms with Crippen molar-refractivity contribution in [2.75, 3.05) is 6.61 Å². The first kappa shape index (κ1) is 12.8. The lowest BCUT2D eigenvalue weighted by atomic mass is 9.91. The average Bonchev–Trinajstić information content (AvgIpc) is 2.14. The number of benzene rings is 1. The van der Waals surface area contributed by atoms with Crippen LogP contribution in [0.2, 0.25) is 10.0 Å². The van der Waals surface area contributed by atoms with Crippen LogP contribution in [0.15, 0.2) is 18.2 Å². The fraction of sp³-hybridized carbons (Fsp3) is 0.455. The van der Waals surface area contributed by atoms with Gasteiger partial charge in [-0.25, -0.2) is 0 Å². The van der Waals surface area contributed by atoms with E-state index >= 15 is 0 Å². The smallest absolute Gasteiger partial charge is 0.0883 e. The van der Waals surface area contributed by atoms with Crippen molar-refractivity contribution in [3.8, 4) is 0 Å². The highest BCUT2D eigenvalue weighted by molar-refractivity contribution is 6.35. The summed E-state index contributed by atoms with van der Waals surface area (Å²) in [6.07, 6.45) is 0.997. The summed E-state index contributed by atoms with van der Waals surface area (Å²) in [6.45, 7) is 1.74. The lowest BCUT2D eigenvalue weighted by Gasteiger charge is -2.24. The van der Waals surface area contributed by atoms with Crippen molar-refractivity contribution in [3.63, 3.8) is 0 Å². The lowest BCUT2D eigenvalue weighted by Crippen LogP contribution is -2.22. The van der Waals surface area contributed by atoms with Crippen molar-refractivity contribution in [1.82, 2.24) is 0 Å². The molecule has 0 saturated heterocycles. The number of hydrogen-bond donors (Lipinski definition) is 2. The van der Waals surface area contributed by atoms with E-state index < -0.39 is 5.60 Å². The van der Waals surface area contributed by atoms with E-state index in [1.807, 2.05) is 0 Å². The monoisotopic (exact) mass is 248 g/mol. The Morgan fingerprint density at radius 1 is 1.33 bits per heavy atom. The standard InChI is InChI=1S/C11H14Cl2O2/c1-11(15,5-2-6-14)9-4-3-8(12)7-10(9)13/h3-4,7,14-15H,2,5-6H2,1H3. The third kappa shape index (κ3) is 3.35. The van der Waals surface area contributed by atoms with Gasteiger partial charge in [0.25, 0.3) is 0 Å². The van der Waals surface area contributed by atoms with E-state index in [-0.39, 0.29) is 6.61 Å². The number of halogens is 2. The molecule has 1 rings (SSSR count). The van der Waals surface area contributed by atoms with Gasteiger partial charge in [0, 0.05) is 22.2 Å². The second kappa shape index (κ2) is 5.17. The fourth-order valence-electron chi connectivity index (χ4n) is 1.48. The topological polar surface area (TPSA) is 40.5 Å². The van der Waals surface area contributed by atoms with Gasteiger partial charge >= 0.3 is 0 Å². The third-order valence-corrected chi connectivity index (χ3v) is 2.88. The number of hydrogen-bond acceptors (Lipinski definition) is 2. The van der Waals surface area contributed by atoms with Gasteiger partial charge in [0.05, 0.1) is 5.60 Å². The predicted molar refractivity (Wildman–Crippen MR) is 62.4 cm³/mol. The Bertz CT molecular complexity index is 337. The van der Waals surface area contributed by atoms with Crippen molar-refractivity contribution >= 4 is 23.2 Å². The van der Waals surface area contributed by atoms with E-state index in [0.29, 0.717) is 28.5 Å². The minimum absolute atomic E-state index is 0.0569. The molecule has 0 aliphatic rings. The van der Waals surface area contributed by atoms with Gasteiger partial charge in [0.1, 0.15) is 0 Å². The summed E-state index contributed by atoms with van der Waals surface area (Å²) in [6, 6.07) is 5.00. The van der Waals surface area contributed by atoms with Crippen LogP contribution in [-0.2, 0) is 5.60 Å². The van der Waals surface area contributed by atoms with E-state index in [9.17, 15) is 5.11 Å². The maximum atomic E-state index is 10.1. The summed E-state index contributed by atoms with van der Waals surface area (Å²) in [5.41, 5.74) is -0.383. The molecule has 0 bridgehead atoms. The molecule has 1 atom stereocenters. The van der Waals surface area contributed by atoms with Crippen LogP contribution >= 0.6 is 23.2 Å². The van der Waals surface area contributed by atoms with Gasteiger partial charge in [-0.1, -0.05) is 29.3 Å². The lowest BCUT2D eigenvalue weighted by molar-refractivity contribution is 0.0404. The maximum Gasteiger partial charge on any atom is 0.0883 e. The maximum absolute atomic E-state index is 10.1. The van der Waals surface area contributed by atoms with E-state index in [1.54, 1.807) is 25.1 Å². The minimum Gasteiger partial charge on any atom is -0.396 e. The SMILES string of the molecule is CC(O)(CCCO)c1ccc(Cl)cc1Cl. The molecule has 0 aromatic heterocycles. The van der Waals surface area contributed by atoms with Gasteiger partial charge in [-0.15, -0.1) is 0 Å². The molecule has 1 aromatic rings. The van der Waals surface area contributed by atoms with Crippen LogP contribution in [-0.4, -0.2) is 16.8 Å². The van der Waals surface area contributed by atoms with Gasteiger partial charge in [-0.3, -0.25) is 0 Å². The summed E-state index contributed by atoms with van der Waals surface area (Å²) in [5.74, 6) is 0. The molecule has 0 aliphatic carbocycles. The molecule has 0 heterocycles. The molecule has 0 amide bonds. The largest absolute Gasteiger partial charge is 0.396 e. The second-order valence-corrected chi connectivity index (χ2v) is 4.57. The first-order valence-corrected chi connectivity index (χ1v) is 5.52. The fourth-order valence-corrected chi connectivity index (χ4v) is 2.10. The van der Waals surface area contributed by atoms with Crippen molar-refractivity contribution in [2.45, 2.75) is 25.4 Å². The van der Waals surface area contributed by atoms with Crippen LogP contribution in [0.3, 0.4) is 0 Å². The van der Waals surface area contributed by atoms with Crippen molar-refractivity contribution < 1.29 is 10.2 Å². The number of aliphatic hydroxyl groups is 2. The zero-order chi connectivity index (χ0) is 11.5. The molecule has 84 valence electrons. The molecule has 4 heteroatoms. The van der Waals surface area contributed by atoms with Crippen molar-refractivity contribution in [2.24, 2.45) is 0 Å². The van der Waals surface area contributed by atoms with Gasteiger partial charge in [0.15, 0.2) is 0 Å². The Kier molecular flexibility index (Phi) is 4.41. The van der Waals surface area contributed by atoms with Gasteiger partial charge in [0.2, 0.25) is 0 Å². The van der Waals surface area contributed by atoms with E-state index in [1.165, 1.54) is 0 Å². The highest BCUT2D eigenvalue weighted by Crippen LogP contribution is 2.33. The molecule has 0 aliphatic heterocycles. The molecular formula is C11H14Cl2O2. The summed E-state index contributed by atoms with van der Waals surface area (Å²) in [4.78, 5) is 0. The Labute approximate surface area is 99.5 Å². The van der Waals surface area contributed by atoms with E-state index in [0.717, 1.165) is 0 Å². The van der Waals surface area contributed by atoms with Crippen molar-refractivity contribution in [3.05, 3.63) is 33.8 Å². The van der Waals surface area contributed by atoms with Crippen LogP contribution in [0, 0.1) is 0 Å². The Balaban J connectivity index is 2.93. The third-order valence-electron chi connectivity index (χ3n) is 2.33. The molecule has 2 nitrogen and oxygen atoms in total. The highest BCUT2D eigenvalue weighted by Gasteiger charge is 2.24. The van der Waals surface area contributed by atoms with Crippen LogP contribution < -0.4 is 0 Å². The van der Waals surface area contributed by atoms with Crippen LogP contribution in [0.5, 0.6) is 0 Å². The first-order chi connectivity index (χ1) is 6.97. The summed E-state index contributed by atoms with van der Waals surface area (Å²) < 4.78 is 0. The summed E-state index contributed by atoms with van der Waals surface area (Å²) in [5, 5.41) is 19.9. The molecular weight excluding hydrogens is 235 g/mol. The number of aliphatic hydroxyl groups excluding tert-OH is 1. The highest BCUT2D eigenvalue weighted by atomic mass is 35.5. The van der Waals surface area contributed by atoms with Crippen LogP contribution in [0.1, 0.15) is 25.3 Å². The molecule has 0 spiro atoms. The Morgan fingerprint density at radius 3 is 2.53 bits per heavy atom. The van der Waals surface area contributed by atoms with Gasteiger partial charge < -0.3 is 10.2 Å². The Hall–Kier alpha value is -0.280. The van der Waals surface area contributed by atoms with Crippen LogP contribution in [0.4, 0.5) is 0 Å². The minimum atomic E-state index is -1.02. The molecule has 1 unspecified atom stereocenters. The van der Waals surface area contributed by atoms with E-state index in [4.69, 9.17) is 28.3 Å². The number of rotatable bonds is 4. The summed E-state index contributed by atoms with van der Waals surface area (Å²) in [7, 11) is 0. The molecule has 0 fully saturated rings. The Morgan fingerprint density at radius 2 is 2.00 bits per heavy atom. The predicted octanol–water partition coefficient (Wildman–Crippen LogP) is 2.97.